The van der Waals surface area contributed by atoms with Gasteiger partial charge in [-0.3, -0.25) is 4.79 Å². The molecule has 0 bridgehead atoms. The van der Waals surface area contributed by atoms with Crippen molar-refractivity contribution in [1.82, 2.24) is 0 Å². The van der Waals surface area contributed by atoms with Crippen LogP contribution in [0.5, 0.6) is 11.5 Å². The van der Waals surface area contributed by atoms with Gasteiger partial charge in [0, 0.05) is 5.56 Å². The minimum atomic E-state index is 0.135. The van der Waals surface area contributed by atoms with Crippen molar-refractivity contribution in [3.63, 3.8) is 0 Å². The number of hydrogen-bond acceptors (Lipinski definition) is 3. The van der Waals surface area contributed by atoms with Crippen LogP contribution >= 0.6 is 0 Å². The number of ether oxygens (including phenoxy) is 2. The molecule has 0 saturated heterocycles. The van der Waals surface area contributed by atoms with Gasteiger partial charge in [0.25, 0.3) is 6.47 Å². The van der Waals surface area contributed by atoms with Crippen LogP contribution in [0.25, 0.3) is 0 Å². The van der Waals surface area contributed by atoms with E-state index in [1.54, 1.807) is 6.07 Å². The summed E-state index contributed by atoms with van der Waals surface area (Å²) in [4.78, 5) is 10.3. The van der Waals surface area contributed by atoms with Gasteiger partial charge >= 0.3 is 0 Å². The second-order valence-corrected chi connectivity index (χ2v) is 4.24. The average Bonchev–Trinajstić information content (AvgIpc) is 2.19. The van der Waals surface area contributed by atoms with Crippen molar-refractivity contribution in [3.8, 4) is 11.5 Å². The van der Waals surface area contributed by atoms with Crippen LogP contribution in [0.15, 0.2) is 18.2 Å². The summed E-state index contributed by atoms with van der Waals surface area (Å²) in [7, 11) is 0. The fraction of sp³-hybridized carbons (Fsp3) is 0.462. The molecule has 0 aromatic heterocycles. The molecule has 1 rings (SSSR count). The van der Waals surface area contributed by atoms with Gasteiger partial charge in [-0.1, -0.05) is 13.8 Å². The van der Waals surface area contributed by atoms with Crippen molar-refractivity contribution in [2.24, 2.45) is 0 Å². The van der Waals surface area contributed by atoms with Crippen LogP contribution in [0.4, 0.5) is 0 Å². The summed E-state index contributed by atoms with van der Waals surface area (Å²) >= 11 is 0. The van der Waals surface area contributed by atoms with Crippen LogP contribution in [0.1, 0.15) is 39.2 Å². The van der Waals surface area contributed by atoms with Gasteiger partial charge in [0.2, 0.25) is 0 Å². The third-order valence-electron chi connectivity index (χ3n) is 2.15. The maximum atomic E-state index is 10.3. The predicted molar refractivity (Wildman–Crippen MR) is 63.0 cm³/mol. The van der Waals surface area contributed by atoms with Gasteiger partial charge in [-0.2, -0.15) is 0 Å². The zero-order chi connectivity index (χ0) is 12.1. The standard InChI is InChI=1S/C13H18O3/c1-9(2)12-7-11(15-8-14)5-6-13(12)16-10(3)4/h5-10H,1-4H3. The fourth-order valence-electron chi connectivity index (χ4n) is 1.47. The van der Waals surface area contributed by atoms with Gasteiger partial charge in [-0.05, 0) is 38.0 Å². The molecule has 0 saturated carbocycles. The van der Waals surface area contributed by atoms with E-state index < -0.39 is 0 Å². The first-order valence-corrected chi connectivity index (χ1v) is 5.45. The first-order valence-electron chi connectivity index (χ1n) is 5.45. The van der Waals surface area contributed by atoms with E-state index in [0.717, 1.165) is 11.3 Å². The van der Waals surface area contributed by atoms with E-state index >= 15 is 0 Å². The van der Waals surface area contributed by atoms with Crippen LogP contribution in [0, 0.1) is 0 Å². The lowest BCUT2D eigenvalue weighted by atomic mass is 10.0. The number of hydrogen-bond donors (Lipinski definition) is 0. The summed E-state index contributed by atoms with van der Waals surface area (Å²) < 4.78 is 10.5. The summed E-state index contributed by atoms with van der Waals surface area (Å²) in [5.41, 5.74) is 1.05. The van der Waals surface area contributed by atoms with Crippen molar-refractivity contribution in [2.45, 2.75) is 39.7 Å². The van der Waals surface area contributed by atoms with Gasteiger partial charge < -0.3 is 9.47 Å². The molecule has 16 heavy (non-hydrogen) atoms. The van der Waals surface area contributed by atoms with Gasteiger partial charge in [0.1, 0.15) is 11.5 Å². The summed E-state index contributed by atoms with van der Waals surface area (Å²) in [6.07, 6.45) is 0.135. The second-order valence-electron chi connectivity index (χ2n) is 4.24. The maximum absolute atomic E-state index is 10.3. The van der Waals surface area contributed by atoms with Crippen LogP contribution < -0.4 is 9.47 Å². The van der Waals surface area contributed by atoms with Crippen LogP contribution in [-0.2, 0) is 4.79 Å². The summed E-state index contributed by atoms with van der Waals surface area (Å²) in [5.74, 6) is 1.72. The Labute approximate surface area is 96.4 Å². The summed E-state index contributed by atoms with van der Waals surface area (Å²) in [5, 5.41) is 0. The Bertz CT molecular complexity index is 356. The normalized spacial score (nSPS) is 10.6. The van der Waals surface area contributed by atoms with Crippen molar-refractivity contribution < 1.29 is 14.3 Å². The molecule has 0 spiro atoms. The Balaban J connectivity index is 3.03. The molecule has 1 aromatic rings. The van der Waals surface area contributed by atoms with E-state index in [4.69, 9.17) is 9.47 Å². The lowest BCUT2D eigenvalue weighted by Gasteiger charge is -2.17. The molecule has 0 aliphatic carbocycles. The van der Waals surface area contributed by atoms with E-state index in [0.29, 0.717) is 18.1 Å². The molecule has 0 aliphatic rings. The van der Waals surface area contributed by atoms with Crippen LogP contribution in [0.2, 0.25) is 0 Å². The van der Waals surface area contributed by atoms with E-state index in [2.05, 4.69) is 13.8 Å². The predicted octanol–water partition coefficient (Wildman–Crippen LogP) is 3.13. The molecular weight excluding hydrogens is 204 g/mol. The maximum Gasteiger partial charge on any atom is 0.298 e. The highest BCUT2D eigenvalue weighted by atomic mass is 16.5. The van der Waals surface area contributed by atoms with Gasteiger partial charge in [0.05, 0.1) is 6.10 Å². The molecule has 1 aromatic carbocycles. The van der Waals surface area contributed by atoms with E-state index in [9.17, 15) is 4.79 Å². The molecule has 3 heteroatoms. The number of carbonyl (C=O) groups excluding carboxylic acids is 1. The van der Waals surface area contributed by atoms with Crippen LogP contribution in [-0.4, -0.2) is 12.6 Å². The van der Waals surface area contributed by atoms with Crippen LogP contribution in [0.3, 0.4) is 0 Å². The highest BCUT2D eigenvalue weighted by Gasteiger charge is 2.10. The minimum absolute atomic E-state index is 0.135. The van der Waals surface area contributed by atoms with Gasteiger partial charge in [-0.15, -0.1) is 0 Å². The molecule has 0 fully saturated rings. The first kappa shape index (κ1) is 12.6. The lowest BCUT2D eigenvalue weighted by molar-refractivity contribution is -0.120. The van der Waals surface area contributed by atoms with Gasteiger partial charge in [0.15, 0.2) is 0 Å². The topological polar surface area (TPSA) is 35.5 Å². The molecule has 88 valence electrons. The molecule has 0 aliphatic heterocycles. The molecular formula is C13H18O3. The zero-order valence-electron chi connectivity index (χ0n) is 10.2. The monoisotopic (exact) mass is 222 g/mol. The lowest BCUT2D eigenvalue weighted by Crippen LogP contribution is -2.08. The van der Waals surface area contributed by atoms with E-state index in [1.807, 2.05) is 26.0 Å². The fourth-order valence-corrected chi connectivity index (χ4v) is 1.47. The number of benzene rings is 1. The molecule has 0 atom stereocenters. The first-order chi connectivity index (χ1) is 7.54. The third-order valence-corrected chi connectivity index (χ3v) is 2.15. The van der Waals surface area contributed by atoms with Gasteiger partial charge in [-0.25, -0.2) is 0 Å². The largest absolute Gasteiger partial charge is 0.491 e. The Morgan fingerprint density at radius 3 is 2.38 bits per heavy atom. The summed E-state index contributed by atoms with van der Waals surface area (Å²) in [6, 6.07) is 5.42. The molecule has 3 nitrogen and oxygen atoms in total. The van der Waals surface area contributed by atoms with Crippen molar-refractivity contribution >= 4 is 6.47 Å². The molecule has 0 N–H and O–H groups in total. The number of rotatable bonds is 5. The minimum Gasteiger partial charge on any atom is -0.491 e. The number of carbonyl (C=O) groups is 1. The van der Waals surface area contributed by atoms with Crippen molar-refractivity contribution in [2.75, 3.05) is 0 Å². The Morgan fingerprint density at radius 2 is 1.88 bits per heavy atom. The third kappa shape index (κ3) is 3.26. The Hall–Kier alpha value is -1.51. The highest BCUT2D eigenvalue weighted by molar-refractivity contribution is 5.49. The SMILES string of the molecule is CC(C)Oc1ccc(OC=O)cc1C(C)C. The molecule has 0 heterocycles. The van der Waals surface area contributed by atoms with E-state index in [1.165, 1.54) is 0 Å². The zero-order valence-corrected chi connectivity index (χ0v) is 10.2. The van der Waals surface area contributed by atoms with E-state index in [-0.39, 0.29) is 6.10 Å². The quantitative estimate of drug-likeness (QED) is 0.718. The van der Waals surface area contributed by atoms with Crippen molar-refractivity contribution in [1.29, 1.82) is 0 Å². The molecule has 0 amide bonds. The molecule has 0 unspecified atom stereocenters. The average molecular weight is 222 g/mol. The van der Waals surface area contributed by atoms with Crippen molar-refractivity contribution in [3.05, 3.63) is 23.8 Å². The summed E-state index contributed by atoms with van der Waals surface area (Å²) in [6.45, 7) is 8.56. The Kier molecular flexibility index (Phi) is 4.35. The highest BCUT2D eigenvalue weighted by Crippen LogP contribution is 2.30. The second kappa shape index (κ2) is 5.54. The molecule has 0 radical (unpaired) electrons. The Morgan fingerprint density at radius 1 is 1.19 bits per heavy atom. The smallest absolute Gasteiger partial charge is 0.298 e.